The van der Waals surface area contributed by atoms with Crippen molar-refractivity contribution < 1.29 is 24.2 Å². The van der Waals surface area contributed by atoms with Crippen LogP contribution in [0.2, 0.25) is 0 Å². The topological polar surface area (TPSA) is 84.9 Å². The molecule has 0 bridgehead atoms. The summed E-state index contributed by atoms with van der Waals surface area (Å²) in [5, 5.41) is 11.9. The number of hydrogen-bond donors (Lipinski definition) is 2. The normalized spacial score (nSPS) is 19.1. The third-order valence-electron chi connectivity index (χ3n) is 2.63. The summed E-state index contributed by atoms with van der Waals surface area (Å²) in [6.45, 7) is 2.70. The average Bonchev–Trinajstić information content (AvgIpc) is 2.28. The predicted molar refractivity (Wildman–Crippen MR) is 55.1 cm³/mol. The molecule has 0 atom stereocenters. The van der Waals surface area contributed by atoms with Gasteiger partial charge in [0.05, 0.1) is 13.2 Å². The van der Waals surface area contributed by atoms with Gasteiger partial charge in [-0.15, -0.1) is 0 Å². The molecule has 16 heavy (non-hydrogen) atoms. The minimum absolute atomic E-state index is 0.0832. The van der Waals surface area contributed by atoms with Crippen molar-refractivity contribution >= 4 is 11.9 Å². The fourth-order valence-corrected chi connectivity index (χ4v) is 1.64. The number of carboxylic acid groups (broad SMARTS) is 1. The van der Waals surface area contributed by atoms with Crippen LogP contribution >= 0.6 is 0 Å². The Labute approximate surface area is 93.9 Å². The monoisotopic (exact) mass is 231 g/mol. The summed E-state index contributed by atoms with van der Waals surface area (Å²) in [4.78, 5) is 22.3. The van der Waals surface area contributed by atoms with E-state index in [4.69, 9.17) is 14.6 Å². The van der Waals surface area contributed by atoms with Crippen molar-refractivity contribution in [1.82, 2.24) is 5.32 Å². The van der Waals surface area contributed by atoms with Crippen LogP contribution in [0.15, 0.2) is 0 Å². The number of rotatable bonds is 5. The summed E-state index contributed by atoms with van der Waals surface area (Å²) in [6.07, 6.45) is 0.726. The van der Waals surface area contributed by atoms with Crippen molar-refractivity contribution in [3.8, 4) is 0 Å². The van der Waals surface area contributed by atoms with Crippen LogP contribution in [0.4, 0.5) is 0 Å². The molecule has 1 fully saturated rings. The first-order chi connectivity index (χ1) is 7.60. The quantitative estimate of drug-likeness (QED) is 0.636. The molecule has 0 amide bonds. The molecule has 0 aromatic rings. The maximum atomic E-state index is 11.2. The van der Waals surface area contributed by atoms with Crippen molar-refractivity contribution in [3.63, 3.8) is 0 Å². The summed E-state index contributed by atoms with van der Waals surface area (Å²) in [5.41, 5.74) is -1.05. The molecule has 92 valence electrons. The van der Waals surface area contributed by atoms with E-state index in [9.17, 15) is 9.59 Å². The van der Waals surface area contributed by atoms with Gasteiger partial charge in [-0.1, -0.05) is 0 Å². The van der Waals surface area contributed by atoms with Gasteiger partial charge in [-0.3, -0.25) is 14.9 Å². The molecule has 1 saturated heterocycles. The van der Waals surface area contributed by atoms with Crippen LogP contribution in [-0.2, 0) is 19.1 Å². The highest BCUT2D eigenvalue weighted by Gasteiger charge is 2.40. The zero-order chi connectivity index (χ0) is 12.0. The second-order valence-corrected chi connectivity index (χ2v) is 3.66. The Morgan fingerprint density at radius 2 is 2.06 bits per heavy atom. The van der Waals surface area contributed by atoms with E-state index in [1.807, 2.05) is 0 Å². The van der Waals surface area contributed by atoms with Gasteiger partial charge in [-0.25, -0.2) is 0 Å². The summed E-state index contributed by atoms with van der Waals surface area (Å²) >= 11 is 0. The molecule has 0 unspecified atom stereocenters. The van der Waals surface area contributed by atoms with Gasteiger partial charge in [-0.05, 0) is 19.8 Å². The molecule has 1 aliphatic heterocycles. The first-order valence-corrected chi connectivity index (χ1v) is 5.32. The van der Waals surface area contributed by atoms with Crippen LogP contribution in [0, 0.1) is 0 Å². The van der Waals surface area contributed by atoms with Crippen LogP contribution in [0.3, 0.4) is 0 Å². The smallest absolute Gasteiger partial charge is 0.324 e. The molecule has 0 spiro atoms. The maximum Gasteiger partial charge on any atom is 0.324 e. The largest absolute Gasteiger partial charge is 0.480 e. The molecule has 0 aromatic carbocycles. The standard InChI is InChI=1S/C10H17NO5/c1-2-16-8(12)7-11-10(9(13)14)3-5-15-6-4-10/h11H,2-7H2,1H3,(H,13,14). The Morgan fingerprint density at radius 1 is 1.44 bits per heavy atom. The van der Waals surface area contributed by atoms with Gasteiger partial charge < -0.3 is 14.6 Å². The second-order valence-electron chi connectivity index (χ2n) is 3.66. The van der Waals surface area contributed by atoms with E-state index in [1.165, 1.54) is 0 Å². The number of ether oxygens (including phenoxy) is 2. The van der Waals surface area contributed by atoms with E-state index in [1.54, 1.807) is 6.92 Å². The highest BCUT2D eigenvalue weighted by atomic mass is 16.5. The molecule has 6 heteroatoms. The summed E-state index contributed by atoms with van der Waals surface area (Å²) in [7, 11) is 0. The molecule has 6 nitrogen and oxygen atoms in total. The lowest BCUT2D eigenvalue weighted by Crippen LogP contribution is -2.56. The Hall–Kier alpha value is -1.14. The van der Waals surface area contributed by atoms with Gasteiger partial charge >= 0.3 is 11.9 Å². The van der Waals surface area contributed by atoms with E-state index in [-0.39, 0.29) is 6.54 Å². The number of nitrogens with one attached hydrogen (secondary N) is 1. The van der Waals surface area contributed by atoms with Gasteiger partial charge in [0.2, 0.25) is 0 Å². The average molecular weight is 231 g/mol. The molecule has 0 aromatic heterocycles. The molecule has 0 saturated carbocycles. The predicted octanol–water partition coefficient (Wildman–Crippen LogP) is -0.227. The Morgan fingerprint density at radius 3 is 2.56 bits per heavy atom. The first kappa shape index (κ1) is 12.9. The van der Waals surface area contributed by atoms with Crippen molar-refractivity contribution in [2.45, 2.75) is 25.3 Å². The third kappa shape index (κ3) is 3.18. The lowest BCUT2D eigenvalue weighted by molar-refractivity contribution is -0.150. The second kappa shape index (κ2) is 5.81. The number of esters is 1. The fourth-order valence-electron chi connectivity index (χ4n) is 1.64. The lowest BCUT2D eigenvalue weighted by atomic mass is 9.90. The molecule has 0 aliphatic carbocycles. The van der Waals surface area contributed by atoms with Crippen LogP contribution in [0.1, 0.15) is 19.8 Å². The molecule has 0 radical (unpaired) electrons. The maximum absolute atomic E-state index is 11.2. The van der Waals surface area contributed by atoms with Crippen LogP contribution < -0.4 is 5.32 Å². The summed E-state index contributed by atoms with van der Waals surface area (Å²) in [5.74, 6) is -1.38. The Kier molecular flexibility index (Phi) is 4.70. The molecule has 1 heterocycles. The first-order valence-electron chi connectivity index (χ1n) is 5.32. The van der Waals surface area contributed by atoms with Crippen molar-refractivity contribution in [3.05, 3.63) is 0 Å². The highest BCUT2D eigenvalue weighted by Crippen LogP contribution is 2.20. The van der Waals surface area contributed by atoms with E-state index in [0.717, 1.165) is 0 Å². The lowest BCUT2D eigenvalue weighted by Gasteiger charge is -2.33. The molecular weight excluding hydrogens is 214 g/mol. The SMILES string of the molecule is CCOC(=O)CNC1(C(=O)O)CCOCC1. The molecule has 1 aliphatic rings. The number of carboxylic acids is 1. The van der Waals surface area contributed by atoms with Gasteiger partial charge in [0.25, 0.3) is 0 Å². The van der Waals surface area contributed by atoms with Gasteiger partial charge in [0.15, 0.2) is 0 Å². The van der Waals surface area contributed by atoms with E-state index < -0.39 is 17.5 Å². The minimum atomic E-state index is -1.05. The van der Waals surface area contributed by atoms with Crippen LogP contribution in [0.5, 0.6) is 0 Å². The van der Waals surface area contributed by atoms with Crippen molar-refractivity contribution in [2.24, 2.45) is 0 Å². The van der Waals surface area contributed by atoms with Gasteiger partial charge in [0, 0.05) is 13.2 Å². The number of hydrogen-bond acceptors (Lipinski definition) is 5. The van der Waals surface area contributed by atoms with Crippen molar-refractivity contribution in [2.75, 3.05) is 26.4 Å². The molecular formula is C10H17NO5. The summed E-state index contributed by atoms with van der Waals surface area (Å²) in [6, 6.07) is 0. The van der Waals surface area contributed by atoms with Crippen LogP contribution in [-0.4, -0.2) is 48.9 Å². The van der Waals surface area contributed by atoms with Gasteiger partial charge in [0.1, 0.15) is 5.54 Å². The zero-order valence-corrected chi connectivity index (χ0v) is 9.32. The number of aliphatic carboxylic acids is 1. The van der Waals surface area contributed by atoms with Gasteiger partial charge in [-0.2, -0.15) is 0 Å². The highest BCUT2D eigenvalue weighted by molar-refractivity contribution is 5.80. The zero-order valence-electron chi connectivity index (χ0n) is 9.32. The number of carbonyl (C=O) groups is 2. The van der Waals surface area contributed by atoms with E-state index >= 15 is 0 Å². The van der Waals surface area contributed by atoms with E-state index in [2.05, 4.69) is 5.32 Å². The van der Waals surface area contributed by atoms with Crippen LogP contribution in [0.25, 0.3) is 0 Å². The van der Waals surface area contributed by atoms with Crippen molar-refractivity contribution in [1.29, 1.82) is 0 Å². The molecule has 2 N–H and O–H groups in total. The third-order valence-corrected chi connectivity index (χ3v) is 2.63. The summed E-state index contributed by atoms with van der Waals surface area (Å²) < 4.78 is 9.84. The Balaban J connectivity index is 2.51. The Bertz CT molecular complexity index is 260. The number of carbonyl (C=O) groups excluding carboxylic acids is 1. The van der Waals surface area contributed by atoms with E-state index in [0.29, 0.717) is 32.7 Å². The molecule has 1 rings (SSSR count). The fraction of sp³-hybridized carbons (Fsp3) is 0.800. The minimum Gasteiger partial charge on any atom is -0.480 e.